The van der Waals surface area contributed by atoms with Gasteiger partial charge in [-0.1, -0.05) is 43.3 Å². The molecule has 2 aromatic rings. The number of urea groups is 1. The third-order valence-electron chi connectivity index (χ3n) is 4.38. The summed E-state index contributed by atoms with van der Waals surface area (Å²) in [6.07, 6.45) is 1.01. The number of aryl methyl sites for hydroxylation is 1. The number of amides is 2. The standard InChI is InChI=1S/C21H27N3O2/c1-5-16-9-11-17(12-10-16)20(24(3)4)14-22-21(26)23-19-8-6-7-18(13-19)15(2)25/h6-13,20H,5,14H2,1-4H3,(H2,22,23,26)/t20-/m1/s1. The maximum absolute atomic E-state index is 12.2. The molecule has 0 saturated heterocycles. The van der Waals surface area contributed by atoms with E-state index in [0.717, 1.165) is 12.0 Å². The average Bonchev–Trinajstić information content (AvgIpc) is 2.62. The van der Waals surface area contributed by atoms with Gasteiger partial charge in [-0.2, -0.15) is 0 Å². The lowest BCUT2D eigenvalue weighted by Crippen LogP contribution is -2.36. The van der Waals surface area contributed by atoms with Crippen LogP contribution in [0.25, 0.3) is 0 Å². The Hall–Kier alpha value is -2.66. The largest absolute Gasteiger partial charge is 0.336 e. The van der Waals surface area contributed by atoms with Gasteiger partial charge in [-0.15, -0.1) is 0 Å². The highest BCUT2D eigenvalue weighted by Crippen LogP contribution is 2.18. The van der Waals surface area contributed by atoms with Gasteiger partial charge in [-0.3, -0.25) is 4.79 Å². The molecule has 2 aromatic carbocycles. The van der Waals surface area contributed by atoms with Gasteiger partial charge < -0.3 is 15.5 Å². The van der Waals surface area contributed by atoms with Gasteiger partial charge in [0.25, 0.3) is 0 Å². The van der Waals surface area contributed by atoms with Crippen molar-refractivity contribution >= 4 is 17.5 Å². The Morgan fingerprint density at radius 2 is 1.77 bits per heavy atom. The molecule has 0 fully saturated rings. The maximum atomic E-state index is 12.2. The molecule has 2 N–H and O–H groups in total. The molecule has 0 aliphatic rings. The van der Waals surface area contributed by atoms with E-state index in [9.17, 15) is 9.59 Å². The molecule has 2 rings (SSSR count). The SMILES string of the molecule is CCc1ccc([C@@H](CNC(=O)Nc2cccc(C(C)=O)c2)N(C)C)cc1. The summed E-state index contributed by atoms with van der Waals surface area (Å²) in [6.45, 7) is 4.12. The highest BCUT2D eigenvalue weighted by atomic mass is 16.2. The van der Waals surface area contributed by atoms with Crippen molar-refractivity contribution in [2.24, 2.45) is 0 Å². The lowest BCUT2D eigenvalue weighted by molar-refractivity contribution is 0.101. The van der Waals surface area contributed by atoms with Crippen LogP contribution in [0, 0.1) is 0 Å². The van der Waals surface area contributed by atoms with Gasteiger partial charge in [0.2, 0.25) is 0 Å². The minimum absolute atomic E-state index is 0.0303. The Labute approximate surface area is 155 Å². The van der Waals surface area contributed by atoms with Crippen LogP contribution < -0.4 is 10.6 Å². The predicted molar refractivity (Wildman–Crippen MR) is 106 cm³/mol. The molecule has 1 atom stereocenters. The summed E-state index contributed by atoms with van der Waals surface area (Å²) in [5.41, 5.74) is 3.63. The highest BCUT2D eigenvalue weighted by molar-refractivity contribution is 5.96. The fourth-order valence-electron chi connectivity index (χ4n) is 2.75. The van der Waals surface area contributed by atoms with E-state index in [-0.39, 0.29) is 17.9 Å². The minimum atomic E-state index is -0.289. The van der Waals surface area contributed by atoms with Crippen LogP contribution in [0.5, 0.6) is 0 Å². The molecule has 0 heterocycles. The summed E-state index contributed by atoms with van der Waals surface area (Å²) >= 11 is 0. The first kappa shape index (κ1) is 19.7. The molecule has 0 unspecified atom stereocenters. The van der Waals surface area contributed by atoms with Crippen molar-refractivity contribution in [1.29, 1.82) is 0 Å². The fourth-order valence-corrected chi connectivity index (χ4v) is 2.75. The molecular formula is C21H27N3O2. The van der Waals surface area contributed by atoms with Crippen molar-refractivity contribution in [2.45, 2.75) is 26.3 Å². The van der Waals surface area contributed by atoms with Crippen LogP contribution in [-0.2, 0) is 6.42 Å². The summed E-state index contributed by atoms with van der Waals surface area (Å²) in [5.74, 6) is -0.0303. The molecular weight excluding hydrogens is 326 g/mol. The maximum Gasteiger partial charge on any atom is 0.319 e. The van der Waals surface area contributed by atoms with E-state index in [1.165, 1.54) is 12.5 Å². The van der Waals surface area contributed by atoms with Crippen molar-refractivity contribution in [2.75, 3.05) is 26.0 Å². The number of Topliss-reactive ketones (excluding diaryl/α,β-unsaturated/α-hetero) is 1. The Kier molecular flexibility index (Phi) is 6.92. The molecule has 5 heteroatoms. The van der Waals surface area contributed by atoms with Crippen molar-refractivity contribution in [3.8, 4) is 0 Å². The van der Waals surface area contributed by atoms with Crippen molar-refractivity contribution in [1.82, 2.24) is 10.2 Å². The number of carbonyl (C=O) groups is 2. The first-order valence-corrected chi connectivity index (χ1v) is 8.81. The Bertz CT molecular complexity index is 754. The average molecular weight is 353 g/mol. The molecule has 0 saturated carbocycles. The van der Waals surface area contributed by atoms with Gasteiger partial charge in [0, 0.05) is 17.8 Å². The summed E-state index contributed by atoms with van der Waals surface area (Å²) in [6, 6.07) is 15.2. The minimum Gasteiger partial charge on any atom is -0.336 e. The summed E-state index contributed by atoms with van der Waals surface area (Å²) < 4.78 is 0. The number of hydrogen-bond acceptors (Lipinski definition) is 3. The third kappa shape index (κ3) is 5.43. The van der Waals surface area contributed by atoms with Gasteiger partial charge >= 0.3 is 6.03 Å². The van der Waals surface area contributed by atoms with Crippen LogP contribution in [0.15, 0.2) is 48.5 Å². The van der Waals surface area contributed by atoms with E-state index < -0.39 is 0 Å². The first-order chi connectivity index (χ1) is 12.4. The molecule has 0 spiro atoms. The molecule has 5 nitrogen and oxygen atoms in total. The molecule has 0 radical (unpaired) electrons. The van der Waals surface area contributed by atoms with E-state index in [1.54, 1.807) is 24.3 Å². The highest BCUT2D eigenvalue weighted by Gasteiger charge is 2.15. The lowest BCUT2D eigenvalue weighted by Gasteiger charge is -2.25. The fraction of sp³-hybridized carbons (Fsp3) is 0.333. The Balaban J connectivity index is 1.98. The summed E-state index contributed by atoms with van der Waals surface area (Å²) in [5, 5.41) is 5.69. The number of ketones is 1. The Morgan fingerprint density at radius 1 is 1.08 bits per heavy atom. The van der Waals surface area contributed by atoms with Gasteiger partial charge in [0.05, 0.1) is 6.04 Å². The predicted octanol–water partition coefficient (Wildman–Crippen LogP) is 3.88. The number of hydrogen-bond donors (Lipinski definition) is 2. The zero-order valence-electron chi connectivity index (χ0n) is 15.9. The molecule has 0 bridgehead atoms. The molecule has 2 amide bonds. The second-order valence-corrected chi connectivity index (χ2v) is 6.55. The zero-order valence-corrected chi connectivity index (χ0v) is 15.9. The molecule has 0 aromatic heterocycles. The molecule has 0 aliphatic heterocycles. The van der Waals surface area contributed by atoms with Gasteiger partial charge in [0.15, 0.2) is 5.78 Å². The second kappa shape index (κ2) is 9.15. The Morgan fingerprint density at radius 3 is 2.35 bits per heavy atom. The van der Waals surface area contributed by atoms with E-state index in [1.807, 2.05) is 14.1 Å². The normalized spacial score (nSPS) is 11.9. The summed E-state index contributed by atoms with van der Waals surface area (Å²) in [4.78, 5) is 25.7. The van der Waals surface area contributed by atoms with E-state index in [2.05, 4.69) is 46.7 Å². The number of carbonyl (C=O) groups excluding carboxylic acids is 2. The van der Waals surface area contributed by atoms with E-state index in [0.29, 0.717) is 17.8 Å². The quantitative estimate of drug-likeness (QED) is 0.743. The summed E-state index contributed by atoms with van der Waals surface area (Å²) in [7, 11) is 3.99. The molecule has 26 heavy (non-hydrogen) atoms. The monoisotopic (exact) mass is 353 g/mol. The molecule has 138 valence electrons. The van der Waals surface area contributed by atoms with Crippen LogP contribution in [0.4, 0.5) is 10.5 Å². The number of nitrogens with zero attached hydrogens (tertiary/aromatic N) is 1. The van der Waals surface area contributed by atoms with Gasteiger partial charge in [-0.25, -0.2) is 4.79 Å². The first-order valence-electron chi connectivity index (χ1n) is 8.81. The van der Waals surface area contributed by atoms with Crippen LogP contribution in [0.1, 0.15) is 41.4 Å². The number of likely N-dealkylation sites (N-methyl/N-ethyl adjacent to an activating group) is 1. The lowest BCUT2D eigenvalue weighted by atomic mass is 10.0. The number of benzene rings is 2. The smallest absolute Gasteiger partial charge is 0.319 e. The second-order valence-electron chi connectivity index (χ2n) is 6.55. The van der Waals surface area contributed by atoms with Crippen LogP contribution >= 0.6 is 0 Å². The van der Waals surface area contributed by atoms with Gasteiger partial charge in [-0.05, 0) is 50.7 Å². The van der Waals surface area contributed by atoms with Gasteiger partial charge in [0.1, 0.15) is 0 Å². The number of anilines is 1. The zero-order chi connectivity index (χ0) is 19.1. The van der Waals surface area contributed by atoms with Crippen LogP contribution in [-0.4, -0.2) is 37.4 Å². The topological polar surface area (TPSA) is 61.4 Å². The van der Waals surface area contributed by atoms with E-state index in [4.69, 9.17) is 0 Å². The molecule has 0 aliphatic carbocycles. The van der Waals surface area contributed by atoms with Crippen molar-refractivity contribution < 1.29 is 9.59 Å². The third-order valence-corrected chi connectivity index (χ3v) is 4.38. The number of nitrogens with one attached hydrogen (secondary N) is 2. The van der Waals surface area contributed by atoms with Crippen molar-refractivity contribution in [3.63, 3.8) is 0 Å². The van der Waals surface area contributed by atoms with Crippen LogP contribution in [0.2, 0.25) is 0 Å². The van der Waals surface area contributed by atoms with E-state index >= 15 is 0 Å². The van der Waals surface area contributed by atoms with Crippen LogP contribution in [0.3, 0.4) is 0 Å². The number of rotatable bonds is 7. The van der Waals surface area contributed by atoms with Crippen molar-refractivity contribution in [3.05, 3.63) is 65.2 Å².